The molecule has 0 unspecified atom stereocenters. The molecule has 0 radical (unpaired) electrons. The molecule has 0 atom stereocenters. The van der Waals surface area contributed by atoms with Gasteiger partial charge in [-0.05, 0) is 44.2 Å². The molecule has 1 aromatic heterocycles. The Kier molecular flexibility index (Phi) is 5.79. The summed E-state index contributed by atoms with van der Waals surface area (Å²) in [7, 11) is -2.17. The summed E-state index contributed by atoms with van der Waals surface area (Å²) in [5, 5.41) is 7.00. The van der Waals surface area contributed by atoms with Crippen LogP contribution in [0.4, 0.5) is 11.4 Å². The fourth-order valence-electron chi connectivity index (χ4n) is 3.36. The van der Waals surface area contributed by atoms with Gasteiger partial charge in [-0.3, -0.25) is 14.2 Å². The van der Waals surface area contributed by atoms with Crippen molar-refractivity contribution in [3.8, 4) is 11.5 Å². The van der Waals surface area contributed by atoms with Crippen LogP contribution >= 0.6 is 0 Å². The molecule has 168 valence electrons. The Bertz CT molecular complexity index is 1280. The first-order chi connectivity index (χ1) is 15.2. The Balaban J connectivity index is 1.54. The second-order valence-electron chi connectivity index (χ2n) is 7.47. The van der Waals surface area contributed by atoms with Gasteiger partial charge >= 0.3 is 0 Å². The third kappa shape index (κ3) is 4.40. The lowest BCUT2D eigenvalue weighted by Gasteiger charge is -2.12. The van der Waals surface area contributed by atoms with Crippen LogP contribution in [0.5, 0.6) is 11.5 Å². The molecule has 0 spiro atoms. The number of rotatable bonds is 5. The summed E-state index contributed by atoms with van der Waals surface area (Å²) in [6.07, 6.45) is 0.782. The molecular weight excluding hydrogens is 432 g/mol. The average Bonchev–Trinajstić information content (AvgIpc) is 2.93. The quantitative estimate of drug-likeness (QED) is 0.610. The predicted molar refractivity (Wildman–Crippen MR) is 120 cm³/mol. The first-order valence-corrected chi connectivity index (χ1v) is 11.6. The fourth-order valence-corrected chi connectivity index (χ4v) is 4.59. The number of aryl methyl sites for hydroxylation is 2. The number of carbonyl (C=O) groups excluding carboxylic acids is 1. The zero-order valence-electron chi connectivity index (χ0n) is 18.0. The van der Waals surface area contributed by atoms with Crippen LogP contribution in [-0.2, 0) is 17.1 Å². The number of sulfonamides is 1. The molecule has 0 bridgehead atoms. The van der Waals surface area contributed by atoms with Gasteiger partial charge < -0.3 is 14.8 Å². The highest BCUT2D eigenvalue weighted by atomic mass is 32.2. The van der Waals surface area contributed by atoms with E-state index in [1.807, 2.05) is 0 Å². The Morgan fingerprint density at radius 2 is 1.81 bits per heavy atom. The van der Waals surface area contributed by atoms with E-state index in [4.69, 9.17) is 9.47 Å². The van der Waals surface area contributed by atoms with Crippen LogP contribution in [0.2, 0.25) is 0 Å². The van der Waals surface area contributed by atoms with Gasteiger partial charge in [0.05, 0.1) is 35.2 Å². The maximum Gasteiger partial charge on any atom is 0.262 e. The van der Waals surface area contributed by atoms with Gasteiger partial charge in [-0.25, -0.2) is 8.42 Å². The van der Waals surface area contributed by atoms with E-state index in [9.17, 15) is 13.2 Å². The number of hydrogen-bond donors (Lipinski definition) is 2. The lowest BCUT2D eigenvalue weighted by molar-refractivity contribution is 0.102. The molecule has 0 fully saturated rings. The molecule has 1 amide bonds. The van der Waals surface area contributed by atoms with E-state index in [0.29, 0.717) is 47.5 Å². The van der Waals surface area contributed by atoms with Crippen molar-refractivity contribution < 1.29 is 22.7 Å². The predicted octanol–water partition coefficient (Wildman–Crippen LogP) is 3.25. The Morgan fingerprint density at radius 1 is 1.06 bits per heavy atom. The van der Waals surface area contributed by atoms with Gasteiger partial charge in [-0.15, -0.1) is 0 Å². The van der Waals surface area contributed by atoms with Crippen LogP contribution in [-0.4, -0.2) is 37.3 Å². The smallest absolute Gasteiger partial charge is 0.262 e. The molecule has 1 aliphatic rings. The van der Waals surface area contributed by atoms with Crippen LogP contribution in [0.25, 0.3) is 0 Å². The minimum Gasteiger partial charge on any atom is -0.490 e. The molecule has 2 heterocycles. The monoisotopic (exact) mass is 456 g/mol. The minimum atomic E-state index is -3.91. The van der Waals surface area contributed by atoms with Gasteiger partial charge in [0.2, 0.25) is 0 Å². The maximum atomic E-state index is 12.9. The number of aromatic nitrogens is 2. The summed E-state index contributed by atoms with van der Waals surface area (Å²) in [5.74, 6) is 0.744. The van der Waals surface area contributed by atoms with Crippen molar-refractivity contribution >= 4 is 27.3 Å². The summed E-state index contributed by atoms with van der Waals surface area (Å²) >= 11 is 0. The average molecular weight is 457 g/mol. The molecule has 0 aliphatic carbocycles. The standard InChI is InChI=1S/C22H24N4O5S/c1-14-21(15(2)26(3)24-14)25-32(28,29)18-7-4-6-16(12-18)22(27)23-17-8-9-19-20(13-17)31-11-5-10-30-19/h4,6-9,12-13,25H,5,10-11H2,1-3H3,(H,23,27). The molecule has 0 saturated carbocycles. The number of amides is 1. The van der Waals surface area contributed by atoms with E-state index in [-0.39, 0.29) is 10.5 Å². The second kappa shape index (κ2) is 8.54. The molecule has 32 heavy (non-hydrogen) atoms. The van der Waals surface area contributed by atoms with Crippen molar-refractivity contribution in [3.63, 3.8) is 0 Å². The number of anilines is 2. The number of benzene rings is 2. The van der Waals surface area contributed by atoms with E-state index >= 15 is 0 Å². The van der Waals surface area contributed by atoms with Gasteiger partial charge in [0.15, 0.2) is 11.5 Å². The Hall–Kier alpha value is -3.53. The van der Waals surface area contributed by atoms with Crippen LogP contribution in [0.1, 0.15) is 28.2 Å². The lowest BCUT2D eigenvalue weighted by atomic mass is 10.2. The summed E-state index contributed by atoms with van der Waals surface area (Å²) in [5.41, 5.74) is 2.41. The number of hydrogen-bond acceptors (Lipinski definition) is 6. The van der Waals surface area contributed by atoms with Crippen molar-refractivity contribution in [2.75, 3.05) is 23.3 Å². The molecule has 1 aliphatic heterocycles. The van der Waals surface area contributed by atoms with Crippen molar-refractivity contribution in [2.45, 2.75) is 25.2 Å². The summed E-state index contributed by atoms with van der Waals surface area (Å²) < 4.78 is 41.3. The van der Waals surface area contributed by atoms with Crippen LogP contribution in [0.3, 0.4) is 0 Å². The van der Waals surface area contributed by atoms with E-state index in [1.54, 1.807) is 49.8 Å². The molecule has 3 aromatic rings. The van der Waals surface area contributed by atoms with E-state index in [1.165, 1.54) is 18.2 Å². The van der Waals surface area contributed by atoms with Crippen molar-refractivity contribution in [2.24, 2.45) is 7.05 Å². The highest BCUT2D eigenvalue weighted by Crippen LogP contribution is 2.32. The van der Waals surface area contributed by atoms with Gasteiger partial charge in [-0.2, -0.15) is 5.10 Å². The fraction of sp³-hybridized carbons (Fsp3) is 0.273. The van der Waals surface area contributed by atoms with Crippen LogP contribution < -0.4 is 19.5 Å². The van der Waals surface area contributed by atoms with E-state index in [0.717, 1.165) is 6.42 Å². The van der Waals surface area contributed by atoms with Crippen LogP contribution in [0.15, 0.2) is 47.4 Å². The molecule has 10 heteroatoms. The molecule has 9 nitrogen and oxygen atoms in total. The SMILES string of the molecule is Cc1nn(C)c(C)c1NS(=O)(=O)c1cccc(C(=O)Nc2ccc3c(c2)OCCCO3)c1. The minimum absolute atomic E-state index is 0.0218. The second-order valence-corrected chi connectivity index (χ2v) is 9.15. The molecule has 2 N–H and O–H groups in total. The Labute approximate surface area is 186 Å². The van der Waals surface area contributed by atoms with Crippen LogP contribution in [0, 0.1) is 13.8 Å². The highest BCUT2D eigenvalue weighted by Gasteiger charge is 2.21. The summed E-state index contributed by atoms with van der Waals surface area (Å²) in [4.78, 5) is 12.8. The number of ether oxygens (including phenoxy) is 2. The van der Waals surface area contributed by atoms with Gasteiger partial charge in [0.25, 0.3) is 15.9 Å². The highest BCUT2D eigenvalue weighted by molar-refractivity contribution is 7.92. The molecule has 2 aromatic carbocycles. The molecule has 0 saturated heterocycles. The third-order valence-corrected chi connectivity index (χ3v) is 6.50. The van der Waals surface area contributed by atoms with E-state index in [2.05, 4.69) is 15.1 Å². The number of nitrogens with one attached hydrogen (secondary N) is 2. The van der Waals surface area contributed by atoms with Gasteiger partial charge in [-0.1, -0.05) is 6.07 Å². The van der Waals surface area contributed by atoms with Gasteiger partial charge in [0, 0.05) is 30.8 Å². The number of nitrogens with zero attached hydrogens (tertiary/aromatic N) is 2. The normalized spacial score (nSPS) is 13.3. The van der Waals surface area contributed by atoms with Crippen molar-refractivity contribution in [1.29, 1.82) is 0 Å². The first kappa shape index (κ1) is 21.7. The largest absolute Gasteiger partial charge is 0.490 e. The van der Waals surface area contributed by atoms with E-state index < -0.39 is 15.9 Å². The zero-order valence-corrected chi connectivity index (χ0v) is 18.8. The summed E-state index contributed by atoms with van der Waals surface area (Å²) in [6, 6.07) is 11.0. The zero-order chi connectivity index (χ0) is 22.9. The van der Waals surface area contributed by atoms with Crippen molar-refractivity contribution in [3.05, 3.63) is 59.4 Å². The summed E-state index contributed by atoms with van der Waals surface area (Å²) in [6.45, 7) is 4.61. The molecular formula is C22H24N4O5S. The lowest BCUT2D eigenvalue weighted by Crippen LogP contribution is -2.16. The maximum absolute atomic E-state index is 12.9. The molecule has 4 rings (SSSR count). The first-order valence-electron chi connectivity index (χ1n) is 10.1. The van der Waals surface area contributed by atoms with Gasteiger partial charge in [0.1, 0.15) is 0 Å². The number of fused-ring (bicyclic) bond motifs is 1. The Morgan fingerprint density at radius 3 is 2.53 bits per heavy atom. The third-order valence-electron chi connectivity index (χ3n) is 5.16. The number of carbonyl (C=O) groups is 1. The van der Waals surface area contributed by atoms with Crippen molar-refractivity contribution in [1.82, 2.24) is 9.78 Å². The topological polar surface area (TPSA) is 112 Å².